The third-order valence-electron chi connectivity index (χ3n) is 11.4. The van der Waals surface area contributed by atoms with Gasteiger partial charge in [-0.1, -0.05) is 178 Å². The van der Waals surface area contributed by atoms with Crippen LogP contribution in [0.4, 0.5) is 0 Å². The largest absolute Gasteiger partial charge is 2.00 e. The Morgan fingerprint density at radius 2 is 0.583 bits per heavy atom. The van der Waals surface area contributed by atoms with Gasteiger partial charge in [-0.2, -0.15) is 83.5 Å². The van der Waals surface area contributed by atoms with Crippen molar-refractivity contribution in [2.75, 3.05) is 0 Å². The Balaban J connectivity index is -0.000000596. The third-order valence-corrected chi connectivity index (χ3v) is 11.4. The topological polar surface area (TPSA) is 0 Å². The average molecular weight is 818 g/mol. The Morgan fingerprint density at radius 3 is 0.771 bits per heavy atom. The summed E-state index contributed by atoms with van der Waals surface area (Å²) in [6.45, 7) is 20.8. The molecule has 6 rings (SSSR count). The number of rotatable bonds is 6. The fourth-order valence-electron chi connectivity index (χ4n) is 9.44. The minimum Gasteiger partial charge on any atom is -1.00 e. The molecule has 3 aliphatic rings. The normalized spacial score (nSPS) is 13.7. The molecule has 0 nitrogen and oxygen atoms in total. The van der Waals surface area contributed by atoms with E-state index in [-0.39, 0.29) is 102 Å². The minimum absolute atomic E-state index is 0. The van der Waals surface area contributed by atoms with E-state index in [1.807, 2.05) is 0 Å². The Hall–Kier alpha value is 1.06. The number of hydrogen-bond donors (Lipinski definition) is 0. The molecule has 0 amide bonds. The van der Waals surface area contributed by atoms with Crippen molar-refractivity contribution in [3.05, 3.63) is 83.5 Å². The Labute approximate surface area is 360 Å². The summed E-state index contributed by atoms with van der Waals surface area (Å²) in [6.07, 6.45) is 23.9. The molecule has 3 aliphatic carbocycles. The maximum Gasteiger partial charge on any atom is 2.00 e. The van der Waals surface area contributed by atoms with Gasteiger partial charge in [0.05, 0.1) is 0 Å². The molecule has 0 N–H and O–H groups in total. The third kappa shape index (κ3) is 11.3. The summed E-state index contributed by atoms with van der Waals surface area (Å²) in [5.41, 5.74) is 25.3. The van der Waals surface area contributed by atoms with Crippen LogP contribution in [-0.4, -0.2) is 0 Å². The van der Waals surface area contributed by atoms with Gasteiger partial charge in [-0.15, -0.1) is 0 Å². The predicted molar refractivity (Wildman–Crippen MR) is 187 cm³/mol. The first-order valence-electron chi connectivity index (χ1n) is 18.2. The minimum atomic E-state index is 0. The molecule has 6 heteroatoms. The average Bonchev–Trinajstić information content (AvgIpc) is 3.60. The van der Waals surface area contributed by atoms with Gasteiger partial charge in [-0.3, -0.25) is 0 Å². The zero-order chi connectivity index (χ0) is 30.4. The predicted octanol–water partition coefficient (Wildman–Crippen LogP) is 2.16. The second-order valence-electron chi connectivity index (χ2n) is 13.4. The summed E-state index contributed by atoms with van der Waals surface area (Å²) in [7, 11) is 0. The number of hydrogen-bond acceptors (Lipinski definition) is 0. The molecule has 0 saturated carbocycles. The molecule has 0 aromatic heterocycles. The van der Waals surface area contributed by atoms with Gasteiger partial charge in [-0.05, 0) is 0 Å². The maximum absolute atomic E-state index is 2.34. The molecular weight excluding hydrogens is 754 g/mol. The van der Waals surface area contributed by atoms with E-state index in [1.54, 1.807) is 83.5 Å². The van der Waals surface area contributed by atoms with Gasteiger partial charge < -0.3 is 37.2 Å². The van der Waals surface area contributed by atoms with Crippen molar-refractivity contribution >= 4 is 0 Å². The van der Waals surface area contributed by atoms with Crippen LogP contribution in [0.2, 0.25) is 0 Å². The standard InChI is InChI=1S/3C14H21.3ClH.3Ti/c3*1-4-11-10(3)13-8-6-7-9-14(13)12(11)5-2;;;;;;/h3*4-9H2,1-3H3;3*1H;;;/q3*-1;;;;3*+2/p-3. The van der Waals surface area contributed by atoms with Crippen molar-refractivity contribution in [3.63, 3.8) is 0 Å². The molecule has 0 fully saturated rings. The number of fused-ring (bicyclic) bond motifs is 3. The van der Waals surface area contributed by atoms with Gasteiger partial charge in [0.15, 0.2) is 0 Å². The van der Waals surface area contributed by atoms with Crippen LogP contribution in [0.5, 0.6) is 0 Å². The van der Waals surface area contributed by atoms with Gasteiger partial charge in [0, 0.05) is 0 Å². The van der Waals surface area contributed by atoms with E-state index in [0.29, 0.717) is 0 Å². The van der Waals surface area contributed by atoms with Gasteiger partial charge in [0.25, 0.3) is 0 Å². The van der Waals surface area contributed by atoms with Crippen LogP contribution in [0.15, 0.2) is 0 Å². The van der Waals surface area contributed by atoms with Crippen molar-refractivity contribution < 1.29 is 102 Å². The summed E-state index contributed by atoms with van der Waals surface area (Å²) in [6, 6.07) is 0. The van der Waals surface area contributed by atoms with Gasteiger partial charge >= 0.3 is 65.2 Å². The second kappa shape index (κ2) is 25.9. The maximum atomic E-state index is 2.34. The van der Waals surface area contributed by atoms with Crippen molar-refractivity contribution in [1.29, 1.82) is 0 Å². The molecule has 3 aromatic rings. The van der Waals surface area contributed by atoms with Gasteiger partial charge in [0.2, 0.25) is 0 Å². The van der Waals surface area contributed by atoms with E-state index in [9.17, 15) is 0 Å². The van der Waals surface area contributed by atoms with Crippen LogP contribution in [0.1, 0.15) is 164 Å². The first-order chi connectivity index (χ1) is 20.4. The molecule has 0 atom stereocenters. The first-order valence-corrected chi connectivity index (χ1v) is 18.2. The van der Waals surface area contributed by atoms with Crippen LogP contribution < -0.4 is 37.2 Å². The van der Waals surface area contributed by atoms with Crippen LogP contribution >= 0.6 is 0 Å². The van der Waals surface area contributed by atoms with Crippen molar-refractivity contribution in [2.24, 2.45) is 0 Å². The molecule has 0 bridgehead atoms. The summed E-state index contributed by atoms with van der Waals surface area (Å²) in [5, 5.41) is 0. The van der Waals surface area contributed by atoms with Crippen molar-refractivity contribution in [3.8, 4) is 0 Å². The molecular formula is C42H63Cl3Ti3. The second-order valence-corrected chi connectivity index (χ2v) is 13.4. The van der Waals surface area contributed by atoms with Crippen molar-refractivity contribution in [1.82, 2.24) is 0 Å². The summed E-state index contributed by atoms with van der Waals surface area (Å²) >= 11 is 0. The molecule has 0 saturated heterocycles. The summed E-state index contributed by atoms with van der Waals surface area (Å²) in [4.78, 5) is 0. The van der Waals surface area contributed by atoms with Gasteiger partial charge in [-0.25, -0.2) is 0 Å². The zero-order valence-corrected chi connectivity index (χ0v) is 38.8. The molecule has 3 aromatic carbocycles. The molecule has 264 valence electrons. The van der Waals surface area contributed by atoms with Crippen LogP contribution in [0, 0.1) is 20.8 Å². The van der Waals surface area contributed by atoms with E-state index in [4.69, 9.17) is 0 Å². The molecule has 0 unspecified atom stereocenters. The van der Waals surface area contributed by atoms with E-state index >= 15 is 0 Å². The molecule has 0 spiro atoms. The van der Waals surface area contributed by atoms with Crippen LogP contribution in [0.3, 0.4) is 0 Å². The van der Waals surface area contributed by atoms with Crippen LogP contribution in [-0.2, 0) is 142 Å². The van der Waals surface area contributed by atoms with Gasteiger partial charge in [0.1, 0.15) is 0 Å². The van der Waals surface area contributed by atoms with E-state index in [1.165, 1.54) is 116 Å². The monoisotopic (exact) mass is 816 g/mol. The van der Waals surface area contributed by atoms with Crippen LogP contribution in [0.25, 0.3) is 0 Å². The first kappa shape index (κ1) is 53.4. The molecule has 0 radical (unpaired) electrons. The van der Waals surface area contributed by atoms with Crippen molar-refractivity contribution in [2.45, 2.75) is 178 Å². The van der Waals surface area contributed by atoms with E-state index in [0.717, 1.165) is 0 Å². The fraction of sp³-hybridized carbons (Fsp3) is 0.643. The Kier molecular flexibility index (Phi) is 28.9. The summed E-state index contributed by atoms with van der Waals surface area (Å²) in [5.74, 6) is 0. The fourth-order valence-corrected chi connectivity index (χ4v) is 9.44. The summed E-state index contributed by atoms with van der Waals surface area (Å²) < 4.78 is 0. The van der Waals surface area contributed by atoms with E-state index in [2.05, 4.69) is 62.3 Å². The molecule has 0 heterocycles. The smallest absolute Gasteiger partial charge is 1.00 e. The number of halogens is 3. The Bertz CT molecular complexity index is 1140. The molecule has 0 aliphatic heterocycles. The molecule has 48 heavy (non-hydrogen) atoms. The van der Waals surface area contributed by atoms with E-state index < -0.39 is 0 Å². The Morgan fingerprint density at radius 1 is 0.375 bits per heavy atom. The quantitative estimate of drug-likeness (QED) is 0.265. The SMILES string of the molecule is CCc1c(C)c2c([c-]1CC)CCCC2.CCc1c(C)c2c([c-]1CC)CCCC2.CCc1c(C)c2c([c-]1CC)CCCC2.[Cl-].[Cl-].[Cl-].[Ti+2].[Ti+2].[Ti+2]. The zero-order valence-electron chi connectivity index (χ0n) is 31.9.